The van der Waals surface area contributed by atoms with Crippen LogP contribution in [0.3, 0.4) is 0 Å². The minimum absolute atomic E-state index is 0.142. The molecule has 25 heavy (non-hydrogen) atoms. The van der Waals surface area contributed by atoms with Gasteiger partial charge in [-0.05, 0) is 12.8 Å². The van der Waals surface area contributed by atoms with Gasteiger partial charge in [0.1, 0.15) is 0 Å². The molecule has 148 valence electrons. The van der Waals surface area contributed by atoms with Crippen molar-refractivity contribution < 1.29 is 5.11 Å². The van der Waals surface area contributed by atoms with Gasteiger partial charge in [0.2, 0.25) is 0 Å². The Labute approximate surface area is 159 Å². The molecule has 0 aromatic carbocycles. The van der Waals surface area contributed by atoms with Gasteiger partial charge in [-0.25, -0.2) is 0 Å². The second-order valence-electron chi connectivity index (χ2n) is 7.48. The highest BCUT2D eigenvalue weighted by atomic mass is 16.2. The summed E-state index contributed by atoms with van der Waals surface area (Å²) in [7, 11) is 0. The second-order valence-corrected chi connectivity index (χ2v) is 7.48. The minimum atomic E-state index is 0.142. The maximum Gasteiger partial charge on any atom is 0.0615 e. The van der Waals surface area contributed by atoms with Crippen LogP contribution in [0.2, 0.25) is 0 Å². The van der Waals surface area contributed by atoms with E-state index in [9.17, 15) is 0 Å². The van der Waals surface area contributed by atoms with Crippen LogP contribution in [0.1, 0.15) is 122 Å². The van der Waals surface area contributed by atoms with Crippen LogP contribution in [-0.2, 0) is 0 Å². The van der Waals surface area contributed by atoms with Crippen LogP contribution in [0, 0.1) is 0 Å². The number of aliphatic hydroxyl groups is 1. The minimum Gasteiger partial charge on any atom is -0.392 e. The van der Waals surface area contributed by atoms with Crippen molar-refractivity contribution in [2.45, 2.75) is 122 Å². The quantitative estimate of drug-likeness (QED) is 0.173. The van der Waals surface area contributed by atoms with E-state index in [0.717, 1.165) is 0 Å². The van der Waals surface area contributed by atoms with Crippen LogP contribution in [0.5, 0.6) is 0 Å². The Kier molecular flexibility index (Phi) is 22.9. The molecule has 1 N–H and O–H groups in total. The predicted molar refractivity (Wildman–Crippen MR) is 114 cm³/mol. The van der Waals surface area contributed by atoms with Gasteiger partial charge in [-0.15, -0.1) is 0 Å². The van der Waals surface area contributed by atoms with Gasteiger partial charge in [-0.3, -0.25) is 0 Å². The summed E-state index contributed by atoms with van der Waals surface area (Å²) in [4.78, 5) is 0. The first-order chi connectivity index (χ1) is 12.4. The Morgan fingerprint density at radius 1 is 0.480 bits per heavy atom. The maximum atomic E-state index is 8.60. The van der Waals surface area contributed by atoms with Crippen LogP contribution in [-0.4, -0.2) is 11.7 Å². The van der Waals surface area contributed by atoms with Gasteiger partial charge in [0.25, 0.3) is 0 Å². The van der Waals surface area contributed by atoms with Crippen molar-refractivity contribution in [3.8, 4) is 0 Å². The standard InChI is InChI=1S/C24H46O/c1-2-3-4-5-6-7-8-9-10-11-12-13-14-15-16-17-18-19-20-21-22-23-24-25/h20-23,25H,2-19,24H2,1H3/b21-20+,23-22+. The van der Waals surface area contributed by atoms with Gasteiger partial charge in [0.05, 0.1) is 6.61 Å². The molecule has 0 aromatic heterocycles. The van der Waals surface area contributed by atoms with Crippen molar-refractivity contribution in [3.63, 3.8) is 0 Å². The average molecular weight is 351 g/mol. The summed E-state index contributed by atoms with van der Waals surface area (Å²) in [6.45, 7) is 2.43. The largest absolute Gasteiger partial charge is 0.392 e. The number of hydrogen-bond donors (Lipinski definition) is 1. The summed E-state index contributed by atoms with van der Waals surface area (Å²) in [5, 5.41) is 8.60. The molecular formula is C24H46O. The fourth-order valence-electron chi connectivity index (χ4n) is 3.30. The fraction of sp³-hybridized carbons (Fsp3) is 0.833. The Bertz CT molecular complexity index is 280. The third kappa shape index (κ3) is 23.4. The van der Waals surface area contributed by atoms with Crippen LogP contribution in [0.4, 0.5) is 0 Å². The molecule has 1 nitrogen and oxygen atoms in total. The van der Waals surface area contributed by atoms with Crippen molar-refractivity contribution in [2.24, 2.45) is 0 Å². The predicted octanol–water partition coefficient (Wildman–Crippen LogP) is 8.13. The van der Waals surface area contributed by atoms with E-state index in [-0.39, 0.29) is 6.61 Å². The lowest BCUT2D eigenvalue weighted by Gasteiger charge is -2.03. The zero-order chi connectivity index (χ0) is 18.3. The van der Waals surface area contributed by atoms with Gasteiger partial charge >= 0.3 is 0 Å². The van der Waals surface area contributed by atoms with E-state index in [2.05, 4.69) is 13.0 Å². The fourth-order valence-corrected chi connectivity index (χ4v) is 3.30. The van der Waals surface area contributed by atoms with Gasteiger partial charge in [-0.1, -0.05) is 134 Å². The van der Waals surface area contributed by atoms with Crippen LogP contribution < -0.4 is 0 Å². The van der Waals surface area contributed by atoms with E-state index in [1.807, 2.05) is 12.2 Å². The van der Waals surface area contributed by atoms with Gasteiger partial charge < -0.3 is 5.11 Å². The third-order valence-electron chi connectivity index (χ3n) is 4.96. The van der Waals surface area contributed by atoms with E-state index in [1.54, 1.807) is 6.08 Å². The van der Waals surface area contributed by atoms with Crippen molar-refractivity contribution in [3.05, 3.63) is 24.3 Å². The Hall–Kier alpha value is -0.560. The van der Waals surface area contributed by atoms with Crippen LogP contribution >= 0.6 is 0 Å². The molecule has 0 spiro atoms. The topological polar surface area (TPSA) is 20.2 Å². The molecule has 0 radical (unpaired) electrons. The van der Waals surface area contributed by atoms with Crippen molar-refractivity contribution >= 4 is 0 Å². The van der Waals surface area contributed by atoms with E-state index in [1.165, 1.54) is 116 Å². The Morgan fingerprint density at radius 2 is 0.840 bits per heavy atom. The molecule has 0 saturated heterocycles. The number of allylic oxidation sites excluding steroid dienone is 3. The first kappa shape index (κ1) is 24.4. The molecule has 0 heterocycles. The molecule has 0 aliphatic heterocycles. The zero-order valence-corrected chi connectivity index (χ0v) is 17.2. The van der Waals surface area contributed by atoms with E-state index in [0.29, 0.717) is 0 Å². The molecule has 0 atom stereocenters. The number of rotatable bonds is 20. The molecular weight excluding hydrogens is 304 g/mol. The zero-order valence-electron chi connectivity index (χ0n) is 17.2. The lowest BCUT2D eigenvalue weighted by molar-refractivity contribution is 0.343. The highest BCUT2D eigenvalue weighted by molar-refractivity contribution is 5.02. The van der Waals surface area contributed by atoms with Crippen LogP contribution in [0.25, 0.3) is 0 Å². The van der Waals surface area contributed by atoms with Crippen molar-refractivity contribution in [1.82, 2.24) is 0 Å². The van der Waals surface area contributed by atoms with Gasteiger partial charge in [0, 0.05) is 0 Å². The highest BCUT2D eigenvalue weighted by Gasteiger charge is 1.94. The number of hydrogen-bond acceptors (Lipinski definition) is 1. The second kappa shape index (κ2) is 23.4. The molecule has 1 heteroatoms. The summed E-state index contributed by atoms with van der Waals surface area (Å²) in [5.41, 5.74) is 0. The SMILES string of the molecule is CCCCCCCCCCCCCCCCCCC/C=C/C=C/CO. The van der Waals surface area contributed by atoms with Gasteiger partial charge in [-0.2, -0.15) is 0 Å². The van der Waals surface area contributed by atoms with E-state index < -0.39 is 0 Å². The number of unbranched alkanes of at least 4 members (excludes halogenated alkanes) is 17. The van der Waals surface area contributed by atoms with Gasteiger partial charge in [0.15, 0.2) is 0 Å². The normalized spacial score (nSPS) is 11.9. The third-order valence-corrected chi connectivity index (χ3v) is 4.96. The lowest BCUT2D eigenvalue weighted by atomic mass is 10.0. The summed E-state index contributed by atoms with van der Waals surface area (Å²) in [6.07, 6.45) is 33.5. The van der Waals surface area contributed by atoms with Crippen molar-refractivity contribution in [1.29, 1.82) is 0 Å². The first-order valence-corrected chi connectivity index (χ1v) is 11.3. The summed E-state index contributed by atoms with van der Waals surface area (Å²) < 4.78 is 0. The molecule has 0 bridgehead atoms. The van der Waals surface area contributed by atoms with E-state index in [4.69, 9.17) is 5.11 Å². The van der Waals surface area contributed by atoms with E-state index >= 15 is 0 Å². The van der Waals surface area contributed by atoms with Crippen molar-refractivity contribution in [2.75, 3.05) is 6.61 Å². The number of aliphatic hydroxyl groups excluding tert-OH is 1. The maximum absolute atomic E-state index is 8.60. The molecule has 0 saturated carbocycles. The molecule has 0 unspecified atom stereocenters. The smallest absolute Gasteiger partial charge is 0.0615 e. The summed E-state index contributed by atoms with van der Waals surface area (Å²) in [6, 6.07) is 0. The first-order valence-electron chi connectivity index (χ1n) is 11.3. The molecule has 0 aliphatic rings. The molecule has 0 rings (SSSR count). The summed E-state index contributed by atoms with van der Waals surface area (Å²) in [5.74, 6) is 0. The summed E-state index contributed by atoms with van der Waals surface area (Å²) >= 11 is 0. The monoisotopic (exact) mass is 350 g/mol. The molecule has 0 fully saturated rings. The highest BCUT2D eigenvalue weighted by Crippen LogP contribution is 2.14. The van der Waals surface area contributed by atoms with Crippen LogP contribution in [0.15, 0.2) is 24.3 Å². The Balaban J connectivity index is 3.03. The molecule has 0 aromatic rings. The molecule has 0 aliphatic carbocycles. The average Bonchev–Trinajstić information content (AvgIpc) is 2.63. The lowest BCUT2D eigenvalue weighted by Crippen LogP contribution is -1.83. The Morgan fingerprint density at radius 3 is 1.24 bits per heavy atom. The molecule has 0 amide bonds.